The largest absolute Gasteiger partial charge is 0.494 e. The van der Waals surface area contributed by atoms with E-state index < -0.39 is 0 Å². The lowest BCUT2D eigenvalue weighted by Crippen LogP contribution is -2.37. The first-order valence-corrected chi connectivity index (χ1v) is 11.1. The van der Waals surface area contributed by atoms with Crippen LogP contribution < -0.4 is 9.64 Å². The standard InChI is InChI=1S/C23H26N2O3S/c1-3-16-7-12-20-21(14-16)29-23(24-20)25(15-19-6-5-13-28-19)22(26)17-8-10-18(11-9-17)27-4-2/h7-12,14,19H,3-6,13,15H2,1-2H3. The van der Waals surface area contributed by atoms with Crippen molar-refractivity contribution in [1.29, 1.82) is 0 Å². The predicted molar refractivity (Wildman–Crippen MR) is 117 cm³/mol. The molecule has 1 aromatic heterocycles. The van der Waals surface area contributed by atoms with Crippen LogP contribution in [0.15, 0.2) is 42.5 Å². The highest BCUT2D eigenvalue weighted by molar-refractivity contribution is 7.22. The number of hydrogen-bond acceptors (Lipinski definition) is 5. The number of fused-ring (bicyclic) bond motifs is 1. The Labute approximate surface area is 175 Å². The van der Waals surface area contributed by atoms with Gasteiger partial charge in [0.1, 0.15) is 5.75 Å². The minimum atomic E-state index is -0.0571. The van der Waals surface area contributed by atoms with Crippen LogP contribution in [0.1, 0.15) is 42.6 Å². The van der Waals surface area contributed by atoms with E-state index in [9.17, 15) is 4.79 Å². The van der Waals surface area contributed by atoms with Gasteiger partial charge < -0.3 is 9.47 Å². The van der Waals surface area contributed by atoms with Crippen LogP contribution in [0.3, 0.4) is 0 Å². The SMILES string of the molecule is CCOc1ccc(C(=O)N(CC2CCCO2)c2nc3ccc(CC)cc3s2)cc1. The van der Waals surface area contributed by atoms with Gasteiger partial charge in [0.25, 0.3) is 5.91 Å². The zero-order chi connectivity index (χ0) is 20.2. The molecule has 1 aliphatic rings. The normalized spacial score (nSPS) is 16.3. The third-order valence-corrected chi connectivity index (χ3v) is 6.19. The Morgan fingerprint density at radius 1 is 1.24 bits per heavy atom. The van der Waals surface area contributed by atoms with E-state index in [1.54, 1.807) is 16.2 Å². The van der Waals surface area contributed by atoms with Gasteiger partial charge in [-0.05, 0) is 68.1 Å². The third-order valence-electron chi connectivity index (χ3n) is 5.15. The summed E-state index contributed by atoms with van der Waals surface area (Å²) in [5, 5.41) is 0.725. The van der Waals surface area contributed by atoms with Crippen LogP contribution in [0.5, 0.6) is 5.75 Å². The molecular formula is C23H26N2O3S. The van der Waals surface area contributed by atoms with E-state index in [1.165, 1.54) is 5.56 Å². The van der Waals surface area contributed by atoms with Crippen molar-refractivity contribution in [2.24, 2.45) is 0 Å². The third kappa shape index (κ3) is 4.43. The van der Waals surface area contributed by atoms with Crippen LogP contribution in [0.4, 0.5) is 5.13 Å². The molecular weight excluding hydrogens is 384 g/mol. The number of thiazole rings is 1. The molecule has 2 aromatic carbocycles. The van der Waals surface area contributed by atoms with E-state index in [4.69, 9.17) is 14.5 Å². The number of nitrogens with zero attached hydrogens (tertiary/aromatic N) is 2. The van der Waals surface area contributed by atoms with Gasteiger partial charge in [0.15, 0.2) is 5.13 Å². The Hall–Kier alpha value is -2.44. The molecule has 29 heavy (non-hydrogen) atoms. The van der Waals surface area contributed by atoms with E-state index >= 15 is 0 Å². The van der Waals surface area contributed by atoms with Crippen molar-refractivity contribution in [2.75, 3.05) is 24.7 Å². The average molecular weight is 411 g/mol. The number of anilines is 1. The number of carbonyl (C=O) groups excluding carboxylic acids is 1. The van der Waals surface area contributed by atoms with Gasteiger partial charge in [-0.1, -0.05) is 24.3 Å². The fourth-order valence-corrected chi connectivity index (χ4v) is 4.59. The molecule has 0 bridgehead atoms. The van der Waals surface area contributed by atoms with E-state index in [-0.39, 0.29) is 12.0 Å². The molecule has 0 N–H and O–H groups in total. The van der Waals surface area contributed by atoms with Crippen molar-refractivity contribution in [2.45, 2.75) is 39.2 Å². The number of rotatable bonds is 7. The molecule has 6 heteroatoms. The van der Waals surface area contributed by atoms with Crippen molar-refractivity contribution in [1.82, 2.24) is 4.98 Å². The summed E-state index contributed by atoms with van der Waals surface area (Å²) < 4.78 is 12.4. The summed E-state index contributed by atoms with van der Waals surface area (Å²) in [5.41, 5.74) is 2.83. The highest BCUT2D eigenvalue weighted by Gasteiger charge is 2.27. The first kappa shape index (κ1) is 19.9. The van der Waals surface area contributed by atoms with E-state index in [0.717, 1.165) is 47.0 Å². The van der Waals surface area contributed by atoms with Crippen molar-refractivity contribution in [3.8, 4) is 5.75 Å². The van der Waals surface area contributed by atoms with Crippen LogP contribution in [-0.2, 0) is 11.2 Å². The molecule has 1 atom stereocenters. The maximum absolute atomic E-state index is 13.4. The zero-order valence-electron chi connectivity index (χ0n) is 16.9. The molecule has 3 aromatic rings. The lowest BCUT2D eigenvalue weighted by molar-refractivity contribution is 0.0917. The Bertz CT molecular complexity index is 977. The van der Waals surface area contributed by atoms with Crippen LogP contribution in [0, 0.1) is 0 Å². The number of aryl methyl sites for hydroxylation is 1. The van der Waals surface area contributed by atoms with E-state index in [0.29, 0.717) is 18.7 Å². The van der Waals surface area contributed by atoms with Gasteiger partial charge in [0.2, 0.25) is 0 Å². The molecule has 0 radical (unpaired) electrons. The Morgan fingerprint density at radius 3 is 2.76 bits per heavy atom. The molecule has 0 spiro atoms. The second kappa shape index (κ2) is 8.93. The van der Waals surface area contributed by atoms with Crippen LogP contribution in [-0.4, -0.2) is 36.8 Å². The molecule has 1 saturated heterocycles. The number of carbonyl (C=O) groups is 1. The summed E-state index contributed by atoms with van der Waals surface area (Å²) in [6, 6.07) is 13.6. The monoisotopic (exact) mass is 410 g/mol. The van der Waals surface area contributed by atoms with Gasteiger partial charge in [0.05, 0.1) is 29.5 Å². The minimum absolute atomic E-state index is 0.0554. The second-order valence-corrected chi connectivity index (χ2v) is 8.17. The molecule has 2 heterocycles. The van der Waals surface area contributed by atoms with Gasteiger partial charge in [-0.15, -0.1) is 0 Å². The fourth-order valence-electron chi connectivity index (χ4n) is 3.55. The predicted octanol–water partition coefficient (Wildman–Crippen LogP) is 5.08. The maximum atomic E-state index is 13.4. The van der Waals surface area contributed by atoms with Crippen LogP contribution in [0.2, 0.25) is 0 Å². The molecule has 1 unspecified atom stereocenters. The number of hydrogen-bond donors (Lipinski definition) is 0. The maximum Gasteiger partial charge on any atom is 0.260 e. The van der Waals surface area contributed by atoms with E-state index in [2.05, 4.69) is 19.1 Å². The molecule has 4 rings (SSSR count). The van der Waals surface area contributed by atoms with Crippen molar-refractivity contribution < 1.29 is 14.3 Å². The molecule has 5 nitrogen and oxygen atoms in total. The Morgan fingerprint density at radius 2 is 2.07 bits per heavy atom. The lowest BCUT2D eigenvalue weighted by atomic mass is 10.1. The fraction of sp³-hybridized carbons (Fsp3) is 0.391. The van der Waals surface area contributed by atoms with Gasteiger partial charge in [-0.3, -0.25) is 9.69 Å². The van der Waals surface area contributed by atoms with Gasteiger partial charge in [-0.25, -0.2) is 4.98 Å². The summed E-state index contributed by atoms with van der Waals surface area (Å²) in [6.45, 7) is 5.97. The Balaban J connectivity index is 1.66. The van der Waals surface area contributed by atoms with Gasteiger partial charge in [0, 0.05) is 12.2 Å². The average Bonchev–Trinajstić information content (AvgIpc) is 3.41. The smallest absolute Gasteiger partial charge is 0.260 e. The number of aromatic nitrogens is 1. The van der Waals surface area contributed by atoms with Gasteiger partial charge >= 0.3 is 0 Å². The van der Waals surface area contributed by atoms with Gasteiger partial charge in [-0.2, -0.15) is 0 Å². The zero-order valence-corrected chi connectivity index (χ0v) is 17.7. The summed E-state index contributed by atoms with van der Waals surface area (Å²) in [6.07, 6.45) is 3.04. The summed E-state index contributed by atoms with van der Waals surface area (Å²) in [4.78, 5) is 19.9. The van der Waals surface area contributed by atoms with Crippen molar-refractivity contribution >= 4 is 32.6 Å². The highest BCUT2D eigenvalue weighted by atomic mass is 32.1. The Kier molecular flexibility index (Phi) is 6.11. The number of ether oxygens (including phenoxy) is 2. The van der Waals surface area contributed by atoms with Crippen molar-refractivity contribution in [3.05, 3.63) is 53.6 Å². The first-order valence-electron chi connectivity index (χ1n) is 10.2. The van der Waals surface area contributed by atoms with Crippen molar-refractivity contribution in [3.63, 3.8) is 0 Å². The lowest BCUT2D eigenvalue weighted by Gasteiger charge is -2.23. The number of amides is 1. The topological polar surface area (TPSA) is 51.7 Å². The molecule has 0 saturated carbocycles. The summed E-state index contributed by atoms with van der Waals surface area (Å²) in [5.74, 6) is 0.708. The molecule has 1 aliphatic heterocycles. The second-order valence-electron chi connectivity index (χ2n) is 7.16. The summed E-state index contributed by atoms with van der Waals surface area (Å²) in [7, 11) is 0. The van der Waals surface area contributed by atoms with E-state index in [1.807, 2.05) is 37.3 Å². The minimum Gasteiger partial charge on any atom is -0.494 e. The molecule has 152 valence electrons. The van der Waals surface area contributed by atoms with Crippen LogP contribution >= 0.6 is 11.3 Å². The molecule has 1 amide bonds. The first-order chi connectivity index (χ1) is 14.2. The number of benzene rings is 2. The quantitative estimate of drug-likeness (QED) is 0.545. The van der Waals surface area contributed by atoms with Crippen LogP contribution in [0.25, 0.3) is 10.2 Å². The molecule has 1 fully saturated rings. The highest BCUT2D eigenvalue weighted by Crippen LogP contribution is 2.32. The summed E-state index contributed by atoms with van der Waals surface area (Å²) >= 11 is 1.57. The molecule has 0 aliphatic carbocycles.